The third-order valence-corrected chi connectivity index (χ3v) is 2.64. The van der Waals surface area contributed by atoms with Gasteiger partial charge in [0.1, 0.15) is 0 Å². The number of allylic oxidation sites excluding steroid dienone is 1. The van der Waals surface area contributed by atoms with Crippen molar-refractivity contribution in [1.82, 2.24) is 0 Å². The molecule has 0 aromatic carbocycles. The zero-order valence-corrected chi connectivity index (χ0v) is 11.9. The smallest absolute Gasteiger partial charge is 0.330 e. The van der Waals surface area contributed by atoms with E-state index in [4.69, 9.17) is 4.74 Å². The van der Waals surface area contributed by atoms with Crippen molar-refractivity contribution >= 4 is 5.97 Å². The Labute approximate surface area is 106 Å². The van der Waals surface area contributed by atoms with E-state index in [-0.39, 0.29) is 12.1 Å². The van der Waals surface area contributed by atoms with Crippen LogP contribution in [0.3, 0.4) is 0 Å². The Hall–Kier alpha value is -0.790. The van der Waals surface area contributed by atoms with Crippen LogP contribution in [0.2, 0.25) is 0 Å². The minimum Gasteiger partial charge on any atom is -0.460 e. The maximum Gasteiger partial charge on any atom is 0.330 e. The van der Waals surface area contributed by atoms with Crippen molar-refractivity contribution < 1.29 is 9.53 Å². The van der Waals surface area contributed by atoms with Gasteiger partial charge in [0.25, 0.3) is 0 Å². The van der Waals surface area contributed by atoms with Gasteiger partial charge in [-0.2, -0.15) is 0 Å². The molecule has 0 saturated carbocycles. The van der Waals surface area contributed by atoms with Gasteiger partial charge in [0.15, 0.2) is 0 Å². The molecule has 0 unspecified atom stereocenters. The van der Waals surface area contributed by atoms with E-state index < -0.39 is 0 Å². The highest BCUT2D eigenvalue weighted by atomic mass is 16.5. The van der Waals surface area contributed by atoms with Gasteiger partial charge < -0.3 is 4.74 Å². The lowest BCUT2D eigenvalue weighted by Gasteiger charge is -2.06. The second-order valence-electron chi connectivity index (χ2n) is 4.99. The van der Waals surface area contributed by atoms with E-state index in [0.29, 0.717) is 0 Å². The molecule has 17 heavy (non-hydrogen) atoms. The first-order chi connectivity index (χ1) is 8.06. The van der Waals surface area contributed by atoms with Crippen LogP contribution in [0.5, 0.6) is 0 Å². The first-order valence-corrected chi connectivity index (χ1v) is 6.94. The number of unbranched alkanes of at least 4 members (excludes halogenated alkanes) is 5. The molecule has 0 bridgehead atoms. The molecular weight excluding hydrogens is 212 g/mol. The normalized spacial score (nSPS) is 11.9. The summed E-state index contributed by atoms with van der Waals surface area (Å²) in [6, 6.07) is 0. The fraction of sp³-hybridized carbons (Fsp3) is 0.800. The maximum absolute atomic E-state index is 11.3. The van der Waals surface area contributed by atoms with Crippen LogP contribution in [0.15, 0.2) is 11.6 Å². The number of hydrogen-bond acceptors (Lipinski definition) is 2. The average molecular weight is 240 g/mol. The molecule has 0 atom stereocenters. The predicted molar refractivity (Wildman–Crippen MR) is 73.0 cm³/mol. The van der Waals surface area contributed by atoms with E-state index in [9.17, 15) is 4.79 Å². The molecular formula is C15H28O2. The molecule has 0 saturated heterocycles. The van der Waals surface area contributed by atoms with Crippen molar-refractivity contribution in [3.8, 4) is 0 Å². The van der Waals surface area contributed by atoms with Crippen molar-refractivity contribution in [3.05, 3.63) is 11.6 Å². The highest BCUT2D eigenvalue weighted by Gasteiger charge is 2.02. The third-order valence-electron chi connectivity index (χ3n) is 2.64. The van der Waals surface area contributed by atoms with Gasteiger partial charge in [-0.3, -0.25) is 0 Å². The van der Waals surface area contributed by atoms with Gasteiger partial charge >= 0.3 is 5.97 Å². The van der Waals surface area contributed by atoms with E-state index in [0.717, 1.165) is 12.0 Å². The Balaban J connectivity index is 3.60. The van der Waals surface area contributed by atoms with E-state index >= 15 is 0 Å². The van der Waals surface area contributed by atoms with Crippen LogP contribution in [0, 0.1) is 0 Å². The molecule has 0 rings (SSSR count). The standard InChI is InChI=1S/C15H28O2/c1-5-6-7-8-9-10-11-14(4)12-15(16)17-13(2)3/h12-13H,5-11H2,1-4H3/b14-12-. The van der Waals surface area contributed by atoms with Gasteiger partial charge in [0.2, 0.25) is 0 Å². The van der Waals surface area contributed by atoms with Crippen molar-refractivity contribution in [2.24, 2.45) is 0 Å². The molecule has 0 amide bonds. The zero-order chi connectivity index (χ0) is 13.1. The molecule has 2 nitrogen and oxygen atoms in total. The van der Waals surface area contributed by atoms with Gasteiger partial charge in [-0.15, -0.1) is 0 Å². The molecule has 0 spiro atoms. The summed E-state index contributed by atoms with van der Waals surface area (Å²) in [5, 5.41) is 0. The number of carbonyl (C=O) groups is 1. The molecule has 2 heteroatoms. The maximum atomic E-state index is 11.3. The number of rotatable bonds is 9. The van der Waals surface area contributed by atoms with Crippen LogP contribution in [0.1, 0.15) is 72.6 Å². The van der Waals surface area contributed by atoms with Crippen LogP contribution in [-0.4, -0.2) is 12.1 Å². The molecule has 0 heterocycles. The average Bonchev–Trinajstić information content (AvgIpc) is 2.21. The highest BCUT2D eigenvalue weighted by Crippen LogP contribution is 2.11. The van der Waals surface area contributed by atoms with Gasteiger partial charge in [-0.1, -0.05) is 44.6 Å². The van der Waals surface area contributed by atoms with E-state index in [2.05, 4.69) is 6.92 Å². The molecule has 0 aliphatic rings. The first-order valence-electron chi connectivity index (χ1n) is 6.94. The van der Waals surface area contributed by atoms with Gasteiger partial charge in [0.05, 0.1) is 6.10 Å². The van der Waals surface area contributed by atoms with Crippen LogP contribution in [-0.2, 0) is 9.53 Å². The summed E-state index contributed by atoms with van der Waals surface area (Å²) in [7, 11) is 0. The topological polar surface area (TPSA) is 26.3 Å². The number of ether oxygens (including phenoxy) is 1. The summed E-state index contributed by atoms with van der Waals surface area (Å²) >= 11 is 0. The molecule has 0 fully saturated rings. The lowest BCUT2D eigenvalue weighted by Crippen LogP contribution is -2.08. The number of hydrogen-bond donors (Lipinski definition) is 0. The minimum atomic E-state index is -0.205. The van der Waals surface area contributed by atoms with Crippen LogP contribution in [0.4, 0.5) is 0 Å². The molecule has 100 valence electrons. The number of carbonyl (C=O) groups excluding carboxylic acids is 1. The molecule has 0 N–H and O–H groups in total. The molecule has 0 aromatic rings. The van der Waals surface area contributed by atoms with Crippen molar-refractivity contribution in [3.63, 3.8) is 0 Å². The largest absolute Gasteiger partial charge is 0.460 e. The Bertz CT molecular complexity index is 229. The Morgan fingerprint density at radius 3 is 2.29 bits per heavy atom. The van der Waals surface area contributed by atoms with Crippen LogP contribution >= 0.6 is 0 Å². The quantitative estimate of drug-likeness (QED) is 0.333. The summed E-state index contributed by atoms with van der Waals surface area (Å²) in [4.78, 5) is 11.3. The minimum absolute atomic E-state index is 0.0272. The lowest BCUT2D eigenvalue weighted by molar-refractivity contribution is -0.141. The fourth-order valence-electron chi connectivity index (χ4n) is 1.72. The second-order valence-corrected chi connectivity index (χ2v) is 4.99. The molecule has 0 aliphatic carbocycles. The molecule has 0 radical (unpaired) electrons. The SMILES string of the molecule is CCCCCCCC/C(C)=C\C(=O)OC(C)C. The molecule has 0 aliphatic heterocycles. The summed E-state index contributed by atoms with van der Waals surface area (Å²) in [6.45, 7) is 7.98. The lowest BCUT2D eigenvalue weighted by atomic mass is 10.1. The highest BCUT2D eigenvalue weighted by molar-refractivity contribution is 5.82. The third kappa shape index (κ3) is 11.5. The van der Waals surface area contributed by atoms with Crippen LogP contribution in [0.25, 0.3) is 0 Å². The Morgan fingerprint density at radius 1 is 1.12 bits per heavy atom. The van der Waals surface area contributed by atoms with Crippen molar-refractivity contribution in [1.29, 1.82) is 0 Å². The van der Waals surface area contributed by atoms with Crippen LogP contribution < -0.4 is 0 Å². The van der Waals surface area contributed by atoms with E-state index in [1.54, 1.807) is 6.08 Å². The molecule has 0 aromatic heterocycles. The second kappa shape index (κ2) is 10.4. The van der Waals surface area contributed by atoms with E-state index in [1.807, 2.05) is 20.8 Å². The Morgan fingerprint density at radius 2 is 1.71 bits per heavy atom. The van der Waals surface area contributed by atoms with Crippen molar-refractivity contribution in [2.45, 2.75) is 78.7 Å². The van der Waals surface area contributed by atoms with Gasteiger partial charge in [-0.05, 0) is 33.6 Å². The van der Waals surface area contributed by atoms with Crippen molar-refractivity contribution in [2.75, 3.05) is 0 Å². The fourth-order valence-corrected chi connectivity index (χ4v) is 1.72. The summed E-state index contributed by atoms with van der Waals surface area (Å²) in [5.74, 6) is -0.205. The van der Waals surface area contributed by atoms with Gasteiger partial charge in [-0.25, -0.2) is 4.79 Å². The number of esters is 1. The Kier molecular flexibility index (Phi) is 9.89. The van der Waals surface area contributed by atoms with E-state index in [1.165, 1.54) is 38.5 Å². The van der Waals surface area contributed by atoms with Gasteiger partial charge in [0, 0.05) is 6.08 Å². The zero-order valence-electron chi connectivity index (χ0n) is 11.9. The first kappa shape index (κ1) is 16.2. The summed E-state index contributed by atoms with van der Waals surface area (Å²) < 4.78 is 5.06. The monoisotopic (exact) mass is 240 g/mol. The summed E-state index contributed by atoms with van der Waals surface area (Å²) in [5.41, 5.74) is 1.13. The predicted octanol–water partition coefficient (Wildman–Crippen LogP) is 4.63. The summed E-state index contributed by atoms with van der Waals surface area (Å²) in [6.07, 6.45) is 10.4.